The fourth-order valence-electron chi connectivity index (χ4n) is 3.35. The van der Waals surface area contributed by atoms with Crippen LogP contribution < -0.4 is 0 Å². The van der Waals surface area contributed by atoms with Gasteiger partial charge in [-0.1, -0.05) is 12.1 Å². The summed E-state index contributed by atoms with van der Waals surface area (Å²) in [7, 11) is 0. The van der Waals surface area contributed by atoms with E-state index in [1.165, 1.54) is 18.2 Å². The zero-order valence-corrected chi connectivity index (χ0v) is 12.0. The van der Waals surface area contributed by atoms with Crippen LogP contribution in [0.4, 0.5) is 17.6 Å². The summed E-state index contributed by atoms with van der Waals surface area (Å²) in [6.45, 7) is 0.474. The number of aromatic nitrogens is 1. The number of rotatable bonds is 3. The van der Waals surface area contributed by atoms with E-state index in [1.54, 1.807) is 12.1 Å². The maximum Gasteiger partial charge on any atom is 0.417 e. The molecule has 0 N–H and O–H groups in total. The highest BCUT2D eigenvalue weighted by atomic mass is 19.4. The zero-order chi connectivity index (χ0) is 16.3. The van der Waals surface area contributed by atoms with Gasteiger partial charge in [-0.3, -0.25) is 4.98 Å². The summed E-state index contributed by atoms with van der Waals surface area (Å²) in [5.74, 6) is -0.331. The molecular formula is C17H13F4NO. The maximum atomic E-state index is 13.1. The lowest BCUT2D eigenvalue weighted by Gasteiger charge is -2.24. The first-order valence-electron chi connectivity index (χ1n) is 7.31. The van der Waals surface area contributed by atoms with E-state index >= 15 is 0 Å². The first kappa shape index (κ1) is 14.6. The number of ether oxygens (including phenoxy) is 1. The number of benzene rings is 1. The van der Waals surface area contributed by atoms with Gasteiger partial charge in [0.15, 0.2) is 0 Å². The van der Waals surface area contributed by atoms with Crippen molar-refractivity contribution >= 4 is 0 Å². The van der Waals surface area contributed by atoms with Crippen LogP contribution in [0.1, 0.15) is 29.7 Å². The number of hydrogen-bond acceptors (Lipinski definition) is 2. The Morgan fingerprint density at radius 3 is 2.09 bits per heavy atom. The van der Waals surface area contributed by atoms with Crippen molar-refractivity contribution in [3.8, 4) is 0 Å². The van der Waals surface area contributed by atoms with Crippen molar-refractivity contribution in [2.45, 2.75) is 30.0 Å². The van der Waals surface area contributed by atoms with Gasteiger partial charge in [0.2, 0.25) is 0 Å². The SMILES string of the molecule is Fc1ccc(C2(C3(c4ccc(C(F)(F)F)cn4)CC3)CO2)cc1. The highest BCUT2D eigenvalue weighted by molar-refractivity contribution is 5.43. The molecule has 0 spiro atoms. The molecule has 2 aliphatic rings. The van der Waals surface area contributed by atoms with Crippen molar-refractivity contribution in [2.24, 2.45) is 0 Å². The molecule has 23 heavy (non-hydrogen) atoms. The third kappa shape index (κ3) is 2.16. The summed E-state index contributed by atoms with van der Waals surface area (Å²) < 4.78 is 56.9. The van der Waals surface area contributed by atoms with E-state index in [1.807, 2.05) is 0 Å². The van der Waals surface area contributed by atoms with Crippen molar-refractivity contribution in [1.29, 1.82) is 0 Å². The van der Waals surface area contributed by atoms with Gasteiger partial charge in [-0.25, -0.2) is 4.39 Å². The molecule has 0 amide bonds. The molecule has 0 radical (unpaired) electrons. The lowest BCUT2D eigenvalue weighted by molar-refractivity contribution is -0.137. The summed E-state index contributed by atoms with van der Waals surface area (Å²) in [6.07, 6.45) is -1.94. The fourth-order valence-corrected chi connectivity index (χ4v) is 3.35. The lowest BCUT2D eigenvalue weighted by Crippen LogP contribution is -2.29. The zero-order valence-electron chi connectivity index (χ0n) is 12.0. The van der Waals surface area contributed by atoms with Gasteiger partial charge in [0, 0.05) is 17.3 Å². The molecule has 1 aliphatic carbocycles. The summed E-state index contributed by atoms with van der Waals surface area (Å²) >= 11 is 0. The molecule has 2 heterocycles. The molecule has 0 bridgehead atoms. The van der Waals surface area contributed by atoms with Gasteiger partial charge in [-0.2, -0.15) is 13.2 Å². The molecule has 1 saturated heterocycles. The Bertz CT molecular complexity index is 729. The molecule has 1 aliphatic heterocycles. The number of nitrogens with zero attached hydrogens (tertiary/aromatic N) is 1. The minimum atomic E-state index is -4.40. The second-order valence-corrected chi connectivity index (χ2v) is 6.13. The predicted molar refractivity (Wildman–Crippen MR) is 74.2 cm³/mol. The molecule has 1 aromatic heterocycles. The van der Waals surface area contributed by atoms with Crippen LogP contribution in [-0.2, 0) is 21.9 Å². The fraction of sp³-hybridized carbons (Fsp3) is 0.353. The first-order chi connectivity index (χ1) is 10.9. The van der Waals surface area contributed by atoms with Crippen LogP contribution in [0.2, 0.25) is 0 Å². The number of alkyl halides is 3. The smallest absolute Gasteiger partial charge is 0.363 e. The molecule has 6 heteroatoms. The van der Waals surface area contributed by atoms with E-state index in [2.05, 4.69) is 4.98 Å². The topological polar surface area (TPSA) is 25.4 Å². The summed E-state index contributed by atoms with van der Waals surface area (Å²) in [5.41, 5.74) is -0.308. The second kappa shape index (κ2) is 4.54. The molecule has 1 unspecified atom stereocenters. The van der Waals surface area contributed by atoms with Crippen molar-refractivity contribution in [3.05, 3.63) is 65.2 Å². The molecule has 2 fully saturated rings. The summed E-state index contributed by atoms with van der Waals surface area (Å²) in [4.78, 5) is 4.05. The van der Waals surface area contributed by atoms with Gasteiger partial charge in [0.05, 0.1) is 12.2 Å². The van der Waals surface area contributed by atoms with Crippen LogP contribution in [0.25, 0.3) is 0 Å². The molecule has 4 rings (SSSR count). The number of hydrogen-bond donors (Lipinski definition) is 0. The van der Waals surface area contributed by atoms with Crippen LogP contribution in [0.3, 0.4) is 0 Å². The average molecular weight is 323 g/mol. The van der Waals surface area contributed by atoms with E-state index in [-0.39, 0.29) is 5.82 Å². The highest BCUT2D eigenvalue weighted by Crippen LogP contribution is 2.66. The molecular weight excluding hydrogens is 310 g/mol. The Hall–Kier alpha value is -1.95. The number of pyridine rings is 1. The minimum Gasteiger partial charge on any atom is -0.363 e. The highest BCUT2D eigenvalue weighted by Gasteiger charge is 2.69. The normalized spacial score (nSPS) is 25.2. The van der Waals surface area contributed by atoms with Gasteiger partial charge in [0.25, 0.3) is 0 Å². The quantitative estimate of drug-likeness (QED) is 0.625. The molecule has 2 aromatic rings. The average Bonchev–Trinajstić information content (AvgIpc) is 3.40. The second-order valence-electron chi connectivity index (χ2n) is 6.13. The van der Waals surface area contributed by atoms with Gasteiger partial charge in [0.1, 0.15) is 11.4 Å². The van der Waals surface area contributed by atoms with Crippen LogP contribution >= 0.6 is 0 Å². The van der Waals surface area contributed by atoms with E-state index in [9.17, 15) is 17.6 Å². The summed E-state index contributed by atoms with van der Waals surface area (Å²) in [6, 6.07) is 8.58. The Morgan fingerprint density at radius 1 is 1.00 bits per heavy atom. The minimum absolute atomic E-state index is 0.331. The van der Waals surface area contributed by atoms with Gasteiger partial charge in [-0.05, 0) is 42.7 Å². The van der Waals surface area contributed by atoms with Crippen LogP contribution in [0.5, 0.6) is 0 Å². The van der Waals surface area contributed by atoms with Crippen molar-refractivity contribution in [2.75, 3.05) is 6.61 Å². The van der Waals surface area contributed by atoms with E-state index in [0.717, 1.165) is 30.7 Å². The Balaban J connectivity index is 1.70. The monoisotopic (exact) mass is 323 g/mol. The van der Waals surface area contributed by atoms with Crippen molar-refractivity contribution < 1.29 is 22.3 Å². The van der Waals surface area contributed by atoms with Crippen molar-refractivity contribution in [1.82, 2.24) is 4.98 Å². The molecule has 2 nitrogen and oxygen atoms in total. The van der Waals surface area contributed by atoms with Crippen LogP contribution in [-0.4, -0.2) is 11.6 Å². The summed E-state index contributed by atoms with van der Waals surface area (Å²) in [5, 5.41) is 0. The largest absolute Gasteiger partial charge is 0.417 e. The van der Waals surface area contributed by atoms with E-state index in [0.29, 0.717) is 12.3 Å². The lowest BCUT2D eigenvalue weighted by atomic mass is 9.80. The predicted octanol–water partition coefficient (Wildman–Crippen LogP) is 4.20. The molecule has 1 atom stereocenters. The van der Waals surface area contributed by atoms with Crippen molar-refractivity contribution in [3.63, 3.8) is 0 Å². The molecule has 1 aromatic carbocycles. The third-order valence-corrected chi connectivity index (χ3v) is 4.85. The van der Waals surface area contributed by atoms with Gasteiger partial charge >= 0.3 is 6.18 Å². The molecule has 120 valence electrons. The standard InChI is InChI=1S/C17H13F4NO/c18-13-4-1-11(2-5-13)16(10-23-16)15(7-8-15)14-6-3-12(9-22-14)17(19,20)21/h1-6,9H,7-8,10H2. The Kier molecular flexibility index (Phi) is 2.89. The Labute approximate surface area is 130 Å². The van der Waals surface area contributed by atoms with E-state index < -0.39 is 22.8 Å². The first-order valence-corrected chi connectivity index (χ1v) is 7.31. The third-order valence-electron chi connectivity index (χ3n) is 4.85. The van der Waals surface area contributed by atoms with E-state index in [4.69, 9.17) is 4.74 Å². The Morgan fingerprint density at radius 2 is 1.65 bits per heavy atom. The number of halogens is 4. The number of epoxide rings is 1. The maximum absolute atomic E-state index is 13.1. The van der Waals surface area contributed by atoms with Gasteiger partial charge < -0.3 is 4.74 Å². The van der Waals surface area contributed by atoms with Gasteiger partial charge in [-0.15, -0.1) is 0 Å². The molecule has 1 saturated carbocycles. The van der Waals surface area contributed by atoms with Crippen LogP contribution in [0, 0.1) is 5.82 Å². The van der Waals surface area contributed by atoms with Crippen LogP contribution in [0.15, 0.2) is 42.6 Å².